The third-order valence-corrected chi connectivity index (χ3v) is 5.25. The lowest BCUT2D eigenvalue weighted by Gasteiger charge is -2.23. The van der Waals surface area contributed by atoms with Gasteiger partial charge in [-0.15, -0.1) is 0 Å². The number of hydrogen-bond acceptors (Lipinski definition) is 6. The molecule has 0 aromatic heterocycles. The van der Waals surface area contributed by atoms with Crippen LogP contribution in [0.15, 0.2) is 47.6 Å². The fraction of sp³-hybridized carbons (Fsp3) is 0.375. The van der Waals surface area contributed by atoms with Gasteiger partial charge in [-0.2, -0.15) is 5.10 Å². The van der Waals surface area contributed by atoms with E-state index in [9.17, 15) is 19.7 Å². The second-order valence-corrected chi connectivity index (χ2v) is 7.97. The van der Waals surface area contributed by atoms with Crippen molar-refractivity contribution in [2.24, 2.45) is 11.0 Å². The van der Waals surface area contributed by atoms with E-state index in [0.717, 1.165) is 11.3 Å². The highest BCUT2D eigenvalue weighted by Crippen LogP contribution is 2.24. The number of nitrogens with one attached hydrogen (secondary N) is 2. The number of carbonyl (C=O) groups excluding carboxylic acids is 2. The van der Waals surface area contributed by atoms with Crippen LogP contribution in [0.4, 0.5) is 11.4 Å². The van der Waals surface area contributed by atoms with E-state index in [1.807, 2.05) is 51.7 Å². The van der Waals surface area contributed by atoms with E-state index >= 15 is 0 Å². The van der Waals surface area contributed by atoms with Gasteiger partial charge in [0.1, 0.15) is 6.04 Å². The molecule has 0 aliphatic carbocycles. The van der Waals surface area contributed by atoms with Gasteiger partial charge < -0.3 is 10.2 Å². The minimum atomic E-state index is -0.802. The number of nitro groups is 1. The summed E-state index contributed by atoms with van der Waals surface area (Å²) in [6, 6.07) is 10.8. The van der Waals surface area contributed by atoms with E-state index in [4.69, 9.17) is 0 Å². The summed E-state index contributed by atoms with van der Waals surface area (Å²) in [5, 5.41) is 18.0. The third kappa shape index (κ3) is 6.86. The number of non-ortho nitro benzene ring substituents is 1. The summed E-state index contributed by atoms with van der Waals surface area (Å²) in [5.41, 5.74) is 5.17. The zero-order valence-corrected chi connectivity index (χ0v) is 19.7. The first-order chi connectivity index (χ1) is 15.7. The molecule has 0 aliphatic heterocycles. The molecule has 0 spiro atoms. The maximum absolute atomic E-state index is 12.7. The fourth-order valence-electron chi connectivity index (χ4n) is 3.31. The van der Waals surface area contributed by atoms with Crippen molar-refractivity contribution in [3.63, 3.8) is 0 Å². The number of aryl methyl sites for hydroxylation is 1. The predicted molar refractivity (Wildman–Crippen MR) is 130 cm³/mol. The number of rotatable bonds is 10. The normalized spacial score (nSPS) is 11.9. The minimum absolute atomic E-state index is 0.0656. The molecule has 0 aliphatic rings. The molecular formula is C24H31N5O4. The van der Waals surface area contributed by atoms with E-state index in [1.54, 1.807) is 18.2 Å². The quantitative estimate of drug-likeness (QED) is 0.323. The molecule has 0 saturated heterocycles. The number of nitro benzene ring substituents is 1. The second-order valence-electron chi connectivity index (χ2n) is 7.97. The lowest BCUT2D eigenvalue weighted by molar-refractivity contribution is -0.384. The van der Waals surface area contributed by atoms with Gasteiger partial charge >= 0.3 is 0 Å². The second kappa shape index (κ2) is 11.8. The molecule has 0 heterocycles. The van der Waals surface area contributed by atoms with Crippen LogP contribution in [0.1, 0.15) is 49.2 Å². The summed E-state index contributed by atoms with van der Waals surface area (Å²) in [4.78, 5) is 38.1. The monoisotopic (exact) mass is 453 g/mol. The van der Waals surface area contributed by atoms with Crippen molar-refractivity contribution < 1.29 is 14.5 Å². The molecule has 9 nitrogen and oxygen atoms in total. The van der Waals surface area contributed by atoms with Gasteiger partial charge in [0, 0.05) is 42.0 Å². The van der Waals surface area contributed by atoms with Crippen LogP contribution in [0.25, 0.3) is 0 Å². The Morgan fingerprint density at radius 3 is 2.30 bits per heavy atom. The number of hydrazone groups is 1. The number of nitrogens with zero attached hydrogens (tertiary/aromatic N) is 3. The number of hydrogen-bond donors (Lipinski definition) is 2. The molecule has 2 amide bonds. The van der Waals surface area contributed by atoms with Crippen LogP contribution in [0.2, 0.25) is 0 Å². The molecule has 0 radical (unpaired) electrons. The van der Waals surface area contributed by atoms with Crippen molar-refractivity contribution >= 4 is 29.4 Å². The van der Waals surface area contributed by atoms with Crippen LogP contribution >= 0.6 is 0 Å². The Morgan fingerprint density at radius 1 is 1.12 bits per heavy atom. The van der Waals surface area contributed by atoms with Gasteiger partial charge in [-0.05, 0) is 44.9 Å². The van der Waals surface area contributed by atoms with Crippen LogP contribution in [-0.2, 0) is 4.79 Å². The average molecular weight is 454 g/mol. The van der Waals surface area contributed by atoms with E-state index in [0.29, 0.717) is 24.2 Å². The maximum atomic E-state index is 12.7. The standard InChI is InChI=1S/C24H31N5O4/c1-6-28(7-2)21-13-12-20(29(32)33)14-19(21)15-25-27-24(31)22(16(3)4)26-23(30)18-10-8-17(5)9-11-18/h8-16,22H,6-7H2,1-5H3,(H,26,30)(H,27,31). The SMILES string of the molecule is CCN(CC)c1ccc([N+](=O)[O-])cc1C=NNC(=O)C(NC(=O)c1ccc(C)cc1)C(C)C. The molecule has 0 fully saturated rings. The van der Waals surface area contributed by atoms with Gasteiger partial charge in [0.05, 0.1) is 11.1 Å². The smallest absolute Gasteiger partial charge is 0.270 e. The van der Waals surface area contributed by atoms with Crippen molar-refractivity contribution in [2.75, 3.05) is 18.0 Å². The first kappa shape index (κ1) is 25.5. The van der Waals surface area contributed by atoms with Crippen LogP contribution in [0.3, 0.4) is 0 Å². The van der Waals surface area contributed by atoms with Gasteiger partial charge in [-0.1, -0.05) is 31.5 Å². The average Bonchev–Trinajstić information content (AvgIpc) is 2.78. The molecule has 9 heteroatoms. The number of amides is 2. The van der Waals surface area contributed by atoms with Gasteiger partial charge in [0.15, 0.2) is 0 Å². The molecule has 33 heavy (non-hydrogen) atoms. The Labute approximate surface area is 194 Å². The zero-order valence-electron chi connectivity index (χ0n) is 19.7. The third-order valence-electron chi connectivity index (χ3n) is 5.25. The van der Waals surface area contributed by atoms with E-state index in [1.165, 1.54) is 18.3 Å². The molecule has 2 N–H and O–H groups in total. The van der Waals surface area contributed by atoms with Crippen LogP contribution < -0.4 is 15.6 Å². The maximum Gasteiger partial charge on any atom is 0.270 e. The van der Waals surface area contributed by atoms with Gasteiger partial charge in [0.2, 0.25) is 0 Å². The minimum Gasteiger partial charge on any atom is -0.372 e. The Morgan fingerprint density at radius 2 is 1.76 bits per heavy atom. The highest BCUT2D eigenvalue weighted by molar-refractivity contribution is 5.98. The summed E-state index contributed by atoms with van der Waals surface area (Å²) in [5.74, 6) is -1.01. The molecular weight excluding hydrogens is 422 g/mol. The molecule has 1 atom stereocenters. The predicted octanol–water partition coefficient (Wildman–Crippen LogP) is 3.65. The summed E-state index contributed by atoms with van der Waals surface area (Å²) >= 11 is 0. The molecule has 2 aromatic rings. The van der Waals surface area contributed by atoms with Gasteiger partial charge in [0.25, 0.3) is 17.5 Å². The van der Waals surface area contributed by atoms with Gasteiger partial charge in [-0.3, -0.25) is 19.7 Å². The van der Waals surface area contributed by atoms with Crippen molar-refractivity contribution in [1.82, 2.24) is 10.7 Å². The summed E-state index contributed by atoms with van der Waals surface area (Å²) < 4.78 is 0. The Kier molecular flexibility index (Phi) is 9.08. The lowest BCUT2D eigenvalue weighted by Crippen LogP contribution is -2.48. The lowest BCUT2D eigenvalue weighted by atomic mass is 10.0. The molecule has 1 unspecified atom stereocenters. The Hall–Kier alpha value is -3.75. The number of anilines is 1. The number of benzene rings is 2. The largest absolute Gasteiger partial charge is 0.372 e. The van der Waals surface area contributed by atoms with Crippen LogP contribution in [0.5, 0.6) is 0 Å². The van der Waals surface area contributed by atoms with Crippen molar-refractivity contribution in [3.05, 3.63) is 69.3 Å². The van der Waals surface area contributed by atoms with Crippen molar-refractivity contribution in [1.29, 1.82) is 0 Å². The van der Waals surface area contributed by atoms with Crippen LogP contribution in [0, 0.1) is 23.0 Å². The topological polar surface area (TPSA) is 117 Å². The summed E-state index contributed by atoms with van der Waals surface area (Å²) in [6.07, 6.45) is 1.39. The highest BCUT2D eigenvalue weighted by atomic mass is 16.6. The fourth-order valence-corrected chi connectivity index (χ4v) is 3.31. The molecule has 2 rings (SSSR count). The zero-order chi connectivity index (χ0) is 24.5. The van der Waals surface area contributed by atoms with Crippen molar-refractivity contribution in [2.45, 2.75) is 40.7 Å². The molecule has 0 saturated carbocycles. The number of carbonyl (C=O) groups is 2. The molecule has 176 valence electrons. The Bertz CT molecular complexity index is 1010. The summed E-state index contributed by atoms with van der Waals surface area (Å²) in [7, 11) is 0. The molecule has 2 aromatic carbocycles. The highest BCUT2D eigenvalue weighted by Gasteiger charge is 2.24. The molecule has 0 bridgehead atoms. The van der Waals surface area contributed by atoms with E-state index < -0.39 is 16.9 Å². The van der Waals surface area contributed by atoms with Crippen LogP contribution in [-0.4, -0.2) is 42.1 Å². The first-order valence-corrected chi connectivity index (χ1v) is 10.9. The van der Waals surface area contributed by atoms with E-state index in [-0.39, 0.29) is 17.5 Å². The van der Waals surface area contributed by atoms with Gasteiger partial charge in [-0.25, -0.2) is 5.43 Å². The first-order valence-electron chi connectivity index (χ1n) is 10.9. The summed E-state index contributed by atoms with van der Waals surface area (Å²) in [6.45, 7) is 11.0. The van der Waals surface area contributed by atoms with Crippen molar-refractivity contribution in [3.8, 4) is 0 Å². The van der Waals surface area contributed by atoms with E-state index in [2.05, 4.69) is 15.8 Å². The Balaban J connectivity index is 2.18.